The Morgan fingerprint density at radius 2 is 2.05 bits per heavy atom. The van der Waals surface area contributed by atoms with E-state index in [0.29, 0.717) is 5.00 Å². The number of fused-ring (bicyclic) bond motifs is 1. The van der Waals surface area contributed by atoms with Crippen LogP contribution in [0.25, 0.3) is 0 Å². The van der Waals surface area contributed by atoms with Crippen LogP contribution in [0.15, 0.2) is 0 Å². The molecule has 0 fully saturated rings. The molecule has 108 valence electrons. The van der Waals surface area contributed by atoms with Crippen molar-refractivity contribution < 1.29 is 19.5 Å². The molecule has 0 aliphatic heterocycles. The molecule has 1 aliphatic rings. The number of carboxylic acids is 1. The number of carboxylic acid groups (broad SMARTS) is 1. The molecule has 2 amide bonds. The van der Waals surface area contributed by atoms with Crippen LogP contribution in [0.2, 0.25) is 0 Å². The number of aryl methyl sites for hydroxylation is 1. The molecule has 1 aromatic heterocycles. The van der Waals surface area contributed by atoms with Crippen LogP contribution in [0.1, 0.15) is 34.1 Å². The minimum absolute atomic E-state index is 0.0864. The van der Waals surface area contributed by atoms with Crippen molar-refractivity contribution in [3.63, 3.8) is 0 Å². The van der Waals surface area contributed by atoms with Crippen molar-refractivity contribution >= 4 is 34.1 Å². The van der Waals surface area contributed by atoms with Crippen LogP contribution in [-0.2, 0) is 22.4 Å². The number of carbonyl (C=O) groups excluding carboxylic acids is 2. The average molecular weight is 296 g/mol. The van der Waals surface area contributed by atoms with E-state index < -0.39 is 5.97 Å². The summed E-state index contributed by atoms with van der Waals surface area (Å²) in [5.74, 6) is -1.61. The first-order valence-electron chi connectivity index (χ1n) is 6.29. The Balaban J connectivity index is 2.16. The van der Waals surface area contributed by atoms with E-state index in [-0.39, 0.29) is 23.9 Å². The number of amides is 2. The van der Waals surface area contributed by atoms with E-state index in [9.17, 15) is 19.5 Å². The van der Waals surface area contributed by atoms with Crippen LogP contribution in [-0.4, -0.2) is 41.4 Å². The molecule has 7 heteroatoms. The molecular weight excluding hydrogens is 280 g/mol. The summed E-state index contributed by atoms with van der Waals surface area (Å²) in [6.45, 7) is 1.28. The van der Waals surface area contributed by atoms with Gasteiger partial charge in [-0.25, -0.2) is 4.79 Å². The van der Waals surface area contributed by atoms with Crippen LogP contribution in [0, 0.1) is 0 Å². The van der Waals surface area contributed by atoms with Gasteiger partial charge < -0.3 is 15.3 Å². The Morgan fingerprint density at radius 1 is 1.35 bits per heavy atom. The maximum absolute atomic E-state index is 11.8. The Hall–Kier alpha value is -1.89. The predicted octanol–water partition coefficient (Wildman–Crippen LogP) is 1.35. The molecule has 20 heavy (non-hydrogen) atoms. The topological polar surface area (TPSA) is 86.7 Å². The van der Waals surface area contributed by atoms with Crippen molar-refractivity contribution in [2.45, 2.75) is 26.2 Å². The highest BCUT2D eigenvalue weighted by Crippen LogP contribution is 2.38. The fourth-order valence-electron chi connectivity index (χ4n) is 2.21. The smallest absolute Gasteiger partial charge is 0.339 e. The molecule has 0 spiro atoms. The van der Waals surface area contributed by atoms with Crippen molar-refractivity contribution in [1.29, 1.82) is 0 Å². The van der Waals surface area contributed by atoms with E-state index in [1.807, 2.05) is 0 Å². The number of nitrogens with zero attached hydrogens (tertiary/aromatic N) is 1. The highest BCUT2D eigenvalue weighted by atomic mass is 32.1. The number of aromatic carboxylic acids is 1. The van der Waals surface area contributed by atoms with Gasteiger partial charge in [0.15, 0.2) is 0 Å². The molecule has 0 bridgehead atoms. The average Bonchev–Trinajstić information content (AvgIpc) is 2.87. The van der Waals surface area contributed by atoms with Gasteiger partial charge in [-0.15, -0.1) is 11.3 Å². The normalized spacial score (nSPS) is 12.9. The molecule has 0 aromatic carbocycles. The van der Waals surface area contributed by atoms with Crippen molar-refractivity contribution in [1.82, 2.24) is 4.90 Å². The van der Waals surface area contributed by atoms with Crippen LogP contribution < -0.4 is 5.32 Å². The zero-order valence-electron chi connectivity index (χ0n) is 11.4. The Morgan fingerprint density at radius 3 is 2.65 bits per heavy atom. The third kappa shape index (κ3) is 2.82. The van der Waals surface area contributed by atoms with Crippen LogP contribution in [0.5, 0.6) is 0 Å². The fourth-order valence-corrected chi connectivity index (χ4v) is 3.51. The van der Waals surface area contributed by atoms with Gasteiger partial charge in [-0.2, -0.15) is 0 Å². The minimum atomic E-state index is -1.01. The summed E-state index contributed by atoms with van der Waals surface area (Å²) in [5, 5.41) is 12.3. The lowest BCUT2D eigenvalue weighted by Crippen LogP contribution is -2.33. The first-order valence-corrected chi connectivity index (χ1v) is 7.11. The van der Waals surface area contributed by atoms with Crippen molar-refractivity contribution in [2.75, 3.05) is 18.9 Å². The van der Waals surface area contributed by atoms with Crippen molar-refractivity contribution in [2.24, 2.45) is 0 Å². The van der Waals surface area contributed by atoms with Crippen LogP contribution >= 0.6 is 11.3 Å². The molecule has 2 rings (SSSR count). The van der Waals surface area contributed by atoms with E-state index in [2.05, 4.69) is 5.32 Å². The number of hydrogen-bond donors (Lipinski definition) is 2. The molecule has 1 aliphatic carbocycles. The molecule has 2 N–H and O–H groups in total. The standard InChI is InChI=1S/C13H16N2O4S/c1-7(16)15(2)6-10(17)14-12-11(13(18)19)8-4-3-5-9(8)20-12/h3-6H2,1-2H3,(H,14,17)(H,18,19). The fraction of sp³-hybridized carbons (Fsp3) is 0.462. The van der Waals surface area contributed by atoms with Crippen molar-refractivity contribution in [3.8, 4) is 0 Å². The Labute approximate surface area is 120 Å². The molecule has 1 aromatic rings. The number of rotatable bonds is 4. The third-order valence-corrected chi connectivity index (χ3v) is 4.51. The second kappa shape index (κ2) is 5.62. The first-order chi connectivity index (χ1) is 9.40. The molecule has 0 saturated carbocycles. The summed E-state index contributed by atoms with van der Waals surface area (Å²) < 4.78 is 0. The predicted molar refractivity (Wildman–Crippen MR) is 75.2 cm³/mol. The summed E-state index contributed by atoms with van der Waals surface area (Å²) in [6, 6.07) is 0. The summed E-state index contributed by atoms with van der Waals surface area (Å²) >= 11 is 1.32. The van der Waals surface area contributed by atoms with E-state index >= 15 is 0 Å². The minimum Gasteiger partial charge on any atom is -0.478 e. The van der Waals surface area contributed by atoms with E-state index in [1.165, 1.54) is 30.2 Å². The lowest BCUT2D eigenvalue weighted by atomic mass is 10.1. The lowest BCUT2D eigenvalue weighted by molar-refractivity contribution is -0.131. The van der Waals surface area contributed by atoms with E-state index in [0.717, 1.165) is 29.7 Å². The summed E-state index contributed by atoms with van der Waals surface area (Å²) in [4.78, 5) is 36.6. The second-order valence-electron chi connectivity index (χ2n) is 4.79. The number of hydrogen-bond acceptors (Lipinski definition) is 4. The third-order valence-electron chi connectivity index (χ3n) is 3.31. The van der Waals surface area contributed by atoms with Gasteiger partial charge >= 0.3 is 5.97 Å². The maximum atomic E-state index is 11.8. The first kappa shape index (κ1) is 14.5. The largest absolute Gasteiger partial charge is 0.478 e. The monoisotopic (exact) mass is 296 g/mol. The van der Waals surface area contributed by atoms with Crippen LogP contribution in [0.4, 0.5) is 5.00 Å². The van der Waals surface area contributed by atoms with Gasteiger partial charge in [0.1, 0.15) is 5.00 Å². The van der Waals surface area contributed by atoms with Gasteiger partial charge in [-0.1, -0.05) is 0 Å². The van der Waals surface area contributed by atoms with Gasteiger partial charge in [-0.3, -0.25) is 9.59 Å². The molecular formula is C13H16N2O4S. The number of anilines is 1. The molecule has 1 heterocycles. The number of carbonyl (C=O) groups is 3. The summed E-state index contributed by atoms with van der Waals surface area (Å²) in [5.41, 5.74) is 1.05. The van der Waals surface area contributed by atoms with Gasteiger partial charge in [0.2, 0.25) is 11.8 Å². The maximum Gasteiger partial charge on any atom is 0.339 e. The summed E-state index contributed by atoms with van der Waals surface area (Å²) in [7, 11) is 1.52. The van der Waals surface area contributed by atoms with Gasteiger partial charge in [0.25, 0.3) is 0 Å². The number of likely N-dealkylation sites (N-methyl/N-ethyl adjacent to an activating group) is 1. The summed E-state index contributed by atoms with van der Waals surface area (Å²) in [6.07, 6.45) is 2.57. The molecule has 0 unspecified atom stereocenters. The van der Waals surface area contributed by atoms with Crippen LogP contribution in [0.3, 0.4) is 0 Å². The van der Waals surface area contributed by atoms with E-state index in [4.69, 9.17) is 0 Å². The zero-order valence-corrected chi connectivity index (χ0v) is 12.2. The molecule has 0 radical (unpaired) electrons. The Bertz CT molecular complexity index is 579. The highest BCUT2D eigenvalue weighted by molar-refractivity contribution is 7.17. The zero-order chi connectivity index (χ0) is 14.9. The quantitative estimate of drug-likeness (QED) is 0.878. The highest BCUT2D eigenvalue weighted by Gasteiger charge is 2.27. The SMILES string of the molecule is CC(=O)N(C)CC(=O)Nc1sc2c(c1C(=O)O)CCC2. The number of thiophene rings is 1. The van der Waals surface area contributed by atoms with Gasteiger partial charge in [0.05, 0.1) is 12.1 Å². The van der Waals surface area contributed by atoms with Gasteiger partial charge in [0, 0.05) is 18.8 Å². The molecule has 6 nitrogen and oxygen atoms in total. The molecule has 0 saturated heterocycles. The lowest BCUT2D eigenvalue weighted by Gasteiger charge is -2.14. The van der Waals surface area contributed by atoms with Crippen molar-refractivity contribution in [3.05, 3.63) is 16.0 Å². The molecule has 0 atom stereocenters. The van der Waals surface area contributed by atoms with E-state index in [1.54, 1.807) is 0 Å². The Kier molecular flexibility index (Phi) is 4.08. The second-order valence-corrected chi connectivity index (χ2v) is 5.90. The number of nitrogens with one attached hydrogen (secondary N) is 1. The van der Waals surface area contributed by atoms with Gasteiger partial charge in [-0.05, 0) is 24.8 Å².